The molecule has 1 atom stereocenters. The van der Waals surface area contributed by atoms with E-state index < -0.39 is 17.9 Å². The minimum absolute atomic E-state index is 0.0363. The Kier molecular flexibility index (Phi) is 4.07. The Labute approximate surface area is 121 Å². The van der Waals surface area contributed by atoms with Crippen LogP contribution < -0.4 is 5.32 Å². The molecule has 0 saturated heterocycles. The van der Waals surface area contributed by atoms with Gasteiger partial charge in [-0.05, 0) is 19.9 Å². The summed E-state index contributed by atoms with van der Waals surface area (Å²) in [5.74, 6) is -1.59. The van der Waals surface area contributed by atoms with E-state index in [1.165, 1.54) is 13.8 Å². The van der Waals surface area contributed by atoms with Crippen LogP contribution in [0.5, 0.6) is 0 Å². The lowest BCUT2D eigenvalue weighted by atomic mass is 10.1. The van der Waals surface area contributed by atoms with Gasteiger partial charge in [-0.3, -0.25) is 14.4 Å². The minimum atomic E-state index is -1.09. The third-order valence-electron chi connectivity index (χ3n) is 3.23. The molecule has 1 unspecified atom stereocenters. The van der Waals surface area contributed by atoms with Crippen molar-refractivity contribution in [2.45, 2.75) is 26.4 Å². The number of carbonyl (C=O) groups excluding carboxylic acids is 2. The average molecular weight is 288 g/mol. The van der Waals surface area contributed by atoms with Gasteiger partial charge in [0.2, 0.25) is 5.91 Å². The first-order valence-electron chi connectivity index (χ1n) is 6.51. The number of rotatable bonds is 5. The average Bonchev–Trinajstić information content (AvgIpc) is 2.78. The van der Waals surface area contributed by atoms with Crippen molar-refractivity contribution < 1.29 is 19.5 Å². The number of amides is 1. The maximum absolute atomic E-state index is 11.9. The molecule has 110 valence electrons. The molecule has 2 rings (SSSR count). The van der Waals surface area contributed by atoms with Gasteiger partial charge in [0.05, 0.1) is 0 Å². The van der Waals surface area contributed by atoms with Crippen LogP contribution in [-0.4, -0.2) is 33.4 Å². The molecule has 0 radical (unpaired) electrons. The number of nitrogens with zero attached hydrogens (tertiary/aromatic N) is 1. The summed E-state index contributed by atoms with van der Waals surface area (Å²) in [4.78, 5) is 34.2. The lowest BCUT2D eigenvalue weighted by molar-refractivity contribution is -0.141. The number of hydrogen-bond donors (Lipinski definition) is 2. The summed E-state index contributed by atoms with van der Waals surface area (Å²) >= 11 is 0. The van der Waals surface area contributed by atoms with Gasteiger partial charge in [0.15, 0.2) is 5.78 Å². The van der Waals surface area contributed by atoms with Crippen molar-refractivity contribution in [1.82, 2.24) is 9.88 Å². The molecular formula is C15H16N2O4. The van der Waals surface area contributed by atoms with Gasteiger partial charge in [-0.25, -0.2) is 0 Å². The lowest BCUT2D eigenvalue weighted by Gasteiger charge is -2.10. The molecule has 0 aliphatic carbocycles. The number of para-hydroxylation sites is 1. The molecule has 1 aromatic heterocycles. The Morgan fingerprint density at radius 2 is 1.95 bits per heavy atom. The fourth-order valence-electron chi connectivity index (χ4n) is 2.16. The number of ketones is 1. The zero-order valence-corrected chi connectivity index (χ0v) is 11.8. The van der Waals surface area contributed by atoms with Crippen molar-refractivity contribution in [3.63, 3.8) is 0 Å². The molecule has 0 saturated carbocycles. The molecule has 1 amide bonds. The zero-order chi connectivity index (χ0) is 15.6. The van der Waals surface area contributed by atoms with Crippen molar-refractivity contribution in [2.75, 3.05) is 0 Å². The van der Waals surface area contributed by atoms with Gasteiger partial charge >= 0.3 is 5.97 Å². The smallest absolute Gasteiger partial charge is 0.325 e. The first kappa shape index (κ1) is 14.8. The van der Waals surface area contributed by atoms with Gasteiger partial charge < -0.3 is 15.0 Å². The van der Waals surface area contributed by atoms with Gasteiger partial charge in [-0.15, -0.1) is 0 Å². The summed E-state index contributed by atoms with van der Waals surface area (Å²) in [6.07, 6.45) is 1.62. The molecule has 6 nitrogen and oxygen atoms in total. The number of fused-ring (bicyclic) bond motifs is 1. The minimum Gasteiger partial charge on any atom is -0.480 e. The van der Waals surface area contributed by atoms with E-state index in [0.717, 1.165) is 10.9 Å². The zero-order valence-electron chi connectivity index (χ0n) is 11.8. The molecule has 1 aromatic carbocycles. The van der Waals surface area contributed by atoms with Crippen LogP contribution >= 0.6 is 0 Å². The van der Waals surface area contributed by atoms with E-state index in [0.29, 0.717) is 5.56 Å². The topological polar surface area (TPSA) is 88.4 Å². The summed E-state index contributed by atoms with van der Waals surface area (Å²) in [5.41, 5.74) is 1.31. The van der Waals surface area contributed by atoms with E-state index in [-0.39, 0.29) is 12.3 Å². The van der Waals surface area contributed by atoms with Gasteiger partial charge in [0.1, 0.15) is 12.6 Å². The van der Waals surface area contributed by atoms with Gasteiger partial charge in [-0.1, -0.05) is 18.2 Å². The molecule has 6 heteroatoms. The molecule has 1 heterocycles. The summed E-state index contributed by atoms with van der Waals surface area (Å²) in [6, 6.07) is 6.33. The third kappa shape index (κ3) is 3.10. The van der Waals surface area contributed by atoms with Crippen LogP contribution in [0.3, 0.4) is 0 Å². The first-order valence-corrected chi connectivity index (χ1v) is 6.51. The highest BCUT2D eigenvalue weighted by molar-refractivity contribution is 6.07. The molecular weight excluding hydrogens is 272 g/mol. The molecule has 0 spiro atoms. The summed E-state index contributed by atoms with van der Waals surface area (Å²) in [7, 11) is 0. The molecule has 0 aliphatic rings. The number of aliphatic carboxylic acids is 1. The monoisotopic (exact) mass is 288 g/mol. The van der Waals surface area contributed by atoms with E-state index >= 15 is 0 Å². The second-order valence-corrected chi connectivity index (χ2v) is 4.87. The van der Waals surface area contributed by atoms with Crippen LogP contribution in [0.25, 0.3) is 10.9 Å². The van der Waals surface area contributed by atoms with Crippen molar-refractivity contribution in [3.8, 4) is 0 Å². The van der Waals surface area contributed by atoms with E-state index in [2.05, 4.69) is 5.32 Å². The third-order valence-corrected chi connectivity index (χ3v) is 3.23. The summed E-state index contributed by atoms with van der Waals surface area (Å²) in [5, 5.41) is 11.9. The maximum Gasteiger partial charge on any atom is 0.325 e. The van der Waals surface area contributed by atoms with Crippen molar-refractivity contribution >= 4 is 28.6 Å². The molecule has 21 heavy (non-hydrogen) atoms. The second-order valence-electron chi connectivity index (χ2n) is 4.87. The van der Waals surface area contributed by atoms with Crippen LogP contribution in [0.15, 0.2) is 30.5 Å². The number of carboxylic acid groups (broad SMARTS) is 1. The largest absolute Gasteiger partial charge is 0.480 e. The number of carboxylic acids is 1. The predicted molar refractivity (Wildman–Crippen MR) is 77.2 cm³/mol. The van der Waals surface area contributed by atoms with Crippen molar-refractivity contribution in [2.24, 2.45) is 0 Å². The Hall–Kier alpha value is -2.63. The van der Waals surface area contributed by atoms with Crippen LogP contribution in [0, 0.1) is 0 Å². The van der Waals surface area contributed by atoms with Gasteiger partial charge in [0, 0.05) is 22.7 Å². The van der Waals surface area contributed by atoms with E-state index in [1.807, 2.05) is 24.3 Å². The Bertz CT molecular complexity index is 718. The fraction of sp³-hybridized carbons (Fsp3) is 0.267. The van der Waals surface area contributed by atoms with Crippen LogP contribution in [0.1, 0.15) is 24.2 Å². The molecule has 2 aromatic rings. The highest BCUT2D eigenvalue weighted by Gasteiger charge is 2.16. The Balaban J connectivity index is 2.28. The van der Waals surface area contributed by atoms with E-state index in [1.54, 1.807) is 10.8 Å². The Morgan fingerprint density at radius 3 is 2.57 bits per heavy atom. The van der Waals surface area contributed by atoms with Crippen LogP contribution in [0.4, 0.5) is 0 Å². The normalized spacial score (nSPS) is 12.1. The highest BCUT2D eigenvalue weighted by Crippen LogP contribution is 2.21. The van der Waals surface area contributed by atoms with E-state index in [9.17, 15) is 14.4 Å². The van der Waals surface area contributed by atoms with E-state index in [4.69, 9.17) is 5.11 Å². The van der Waals surface area contributed by atoms with Gasteiger partial charge in [-0.2, -0.15) is 0 Å². The van der Waals surface area contributed by atoms with Crippen LogP contribution in [-0.2, 0) is 16.1 Å². The van der Waals surface area contributed by atoms with Crippen molar-refractivity contribution in [3.05, 3.63) is 36.0 Å². The molecule has 0 fully saturated rings. The number of hydrogen-bond acceptors (Lipinski definition) is 3. The SMILES string of the molecule is CC(=O)c1cn(CC(=O)NC(C)C(=O)O)c2ccccc12. The quantitative estimate of drug-likeness (QED) is 0.815. The number of carbonyl (C=O) groups is 3. The summed E-state index contributed by atoms with van der Waals surface area (Å²) < 4.78 is 1.65. The predicted octanol–water partition coefficient (Wildman–Crippen LogP) is 1.43. The number of aromatic nitrogens is 1. The highest BCUT2D eigenvalue weighted by atomic mass is 16.4. The standard InChI is InChI=1S/C15H16N2O4/c1-9(15(20)21)16-14(19)8-17-7-12(10(2)18)11-5-3-4-6-13(11)17/h3-7,9H,8H2,1-2H3,(H,16,19)(H,20,21). The first-order chi connectivity index (χ1) is 9.90. The van der Waals surface area contributed by atoms with Crippen molar-refractivity contribution in [1.29, 1.82) is 0 Å². The molecule has 0 aliphatic heterocycles. The molecule has 2 N–H and O–H groups in total. The Morgan fingerprint density at radius 1 is 1.29 bits per heavy atom. The fourth-order valence-corrected chi connectivity index (χ4v) is 2.16. The maximum atomic E-state index is 11.9. The number of nitrogens with one attached hydrogen (secondary N) is 1. The molecule has 0 bridgehead atoms. The summed E-state index contributed by atoms with van der Waals surface area (Å²) in [6.45, 7) is 2.83. The second kappa shape index (κ2) is 5.78. The lowest BCUT2D eigenvalue weighted by Crippen LogP contribution is -2.40. The number of Topliss-reactive ketones (excluding diaryl/α,β-unsaturated/α-hetero) is 1. The van der Waals surface area contributed by atoms with Gasteiger partial charge in [0.25, 0.3) is 0 Å². The number of benzene rings is 1. The van der Waals surface area contributed by atoms with Crippen LogP contribution in [0.2, 0.25) is 0 Å².